The molecule has 0 unspecified atom stereocenters. The average molecular weight is 557 g/mol. The maximum absolute atomic E-state index is 13.7. The zero-order valence-corrected chi connectivity index (χ0v) is 22.2. The molecule has 0 N–H and O–H groups in total. The summed E-state index contributed by atoms with van der Waals surface area (Å²) in [5, 5.41) is 11.9. The Bertz CT molecular complexity index is 1190. The summed E-state index contributed by atoms with van der Waals surface area (Å²) < 4.78 is 17.1. The summed E-state index contributed by atoms with van der Waals surface area (Å²) in [5.41, 5.74) is 0.409. The maximum atomic E-state index is 13.7. The van der Waals surface area contributed by atoms with Gasteiger partial charge in [-0.2, -0.15) is 0 Å². The molecule has 0 saturated carbocycles. The van der Waals surface area contributed by atoms with Crippen LogP contribution in [0.5, 0.6) is 11.5 Å². The van der Waals surface area contributed by atoms with E-state index in [0.717, 1.165) is 24.3 Å². The van der Waals surface area contributed by atoms with Gasteiger partial charge in [0, 0.05) is 38.3 Å². The van der Waals surface area contributed by atoms with E-state index in [1.54, 1.807) is 26.4 Å². The van der Waals surface area contributed by atoms with Crippen LogP contribution in [-0.4, -0.2) is 74.3 Å². The van der Waals surface area contributed by atoms with E-state index in [-0.39, 0.29) is 28.7 Å². The van der Waals surface area contributed by atoms with Crippen molar-refractivity contribution in [2.45, 2.75) is 6.42 Å². The lowest BCUT2D eigenvalue weighted by Crippen LogP contribution is -2.39. The van der Waals surface area contributed by atoms with E-state index >= 15 is 0 Å². The second-order valence-corrected chi connectivity index (χ2v) is 9.21. The van der Waals surface area contributed by atoms with Crippen molar-refractivity contribution in [3.05, 3.63) is 51.0 Å². The van der Waals surface area contributed by atoms with Crippen molar-refractivity contribution in [3.63, 3.8) is 0 Å². The number of carbonyl (C=O) groups is 1. The molecule has 0 spiro atoms. The predicted molar refractivity (Wildman–Crippen MR) is 142 cm³/mol. The van der Waals surface area contributed by atoms with Gasteiger partial charge >= 0.3 is 0 Å². The molecule has 0 atom stereocenters. The molecule has 0 aliphatic carbocycles. The van der Waals surface area contributed by atoms with Crippen molar-refractivity contribution < 1.29 is 23.9 Å². The van der Waals surface area contributed by atoms with Crippen LogP contribution in [0.15, 0.2) is 30.3 Å². The highest BCUT2D eigenvalue weighted by Crippen LogP contribution is 2.40. The molecule has 0 radical (unpaired) electrons. The average Bonchev–Trinajstić information content (AvgIpc) is 3.31. The summed E-state index contributed by atoms with van der Waals surface area (Å²) in [6, 6.07) is 7.38. The lowest BCUT2D eigenvalue weighted by molar-refractivity contribution is -0.384. The minimum Gasteiger partial charge on any atom is -0.495 e. The van der Waals surface area contributed by atoms with Crippen molar-refractivity contribution in [1.82, 2.24) is 9.88 Å². The van der Waals surface area contributed by atoms with Crippen LogP contribution < -0.4 is 14.4 Å². The number of thiazole rings is 1. The van der Waals surface area contributed by atoms with E-state index in [9.17, 15) is 14.9 Å². The Morgan fingerprint density at radius 2 is 1.92 bits per heavy atom. The third kappa shape index (κ3) is 5.98. The fourth-order valence-electron chi connectivity index (χ4n) is 3.89. The smallest absolute Gasteiger partial charge is 0.270 e. The number of aromatic nitrogens is 1. The predicted octanol–water partition coefficient (Wildman–Crippen LogP) is 4.67. The number of anilines is 1. The lowest BCUT2D eigenvalue weighted by atomic mass is 10.1. The number of fused-ring (bicyclic) bond motifs is 1. The van der Waals surface area contributed by atoms with Gasteiger partial charge in [-0.3, -0.25) is 24.7 Å². The number of morpholine rings is 1. The largest absolute Gasteiger partial charge is 0.495 e. The number of carbonyl (C=O) groups excluding carboxylic acids is 1. The van der Waals surface area contributed by atoms with Gasteiger partial charge in [-0.25, -0.2) is 4.98 Å². The van der Waals surface area contributed by atoms with Gasteiger partial charge in [0.1, 0.15) is 21.7 Å². The van der Waals surface area contributed by atoms with E-state index in [4.69, 9.17) is 30.8 Å². The summed E-state index contributed by atoms with van der Waals surface area (Å²) in [6.07, 6.45) is 0.669. The van der Waals surface area contributed by atoms with Crippen molar-refractivity contribution in [1.29, 1.82) is 0 Å². The first kappa shape index (κ1) is 27.9. The number of methoxy groups -OCH3 is 2. The van der Waals surface area contributed by atoms with Crippen molar-refractivity contribution in [2.75, 3.05) is 58.5 Å². The maximum Gasteiger partial charge on any atom is 0.270 e. The number of amides is 1. The van der Waals surface area contributed by atoms with Gasteiger partial charge in [0.2, 0.25) is 0 Å². The number of benzene rings is 2. The Hall–Kier alpha value is -2.70. The first-order chi connectivity index (χ1) is 16.9. The Kier molecular flexibility index (Phi) is 9.69. The fourth-order valence-corrected chi connectivity index (χ4v) is 5.18. The minimum atomic E-state index is -0.552. The van der Waals surface area contributed by atoms with E-state index < -0.39 is 10.8 Å². The zero-order valence-electron chi connectivity index (χ0n) is 19.8. The van der Waals surface area contributed by atoms with Gasteiger partial charge in [-0.15, -0.1) is 12.4 Å². The quantitative estimate of drug-likeness (QED) is 0.276. The molecule has 1 aromatic heterocycles. The molecule has 1 fully saturated rings. The minimum absolute atomic E-state index is 0. The van der Waals surface area contributed by atoms with E-state index in [0.29, 0.717) is 48.3 Å². The first-order valence-corrected chi connectivity index (χ1v) is 12.2. The molecule has 2 aromatic carbocycles. The van der Waals surface area contributed by atoms with Gasteiger partial charge < -0.3 is 14.2 Å². The lowest BCUT2D eigenvalue weighted by Gasteiger charge is -2.27. The molecular weight excluding hydrogens is 531 g/mol. The third-order valence-electron chi connectivity index (χ3n) is 5.73. The summed E-state index contributed by atoms with van der Waals surface area (Å²) in [6.45, 7) is 4.15. The molecule has 1 amide bonds. The van der Waals surface area contributed by atoms with Gasteiger partial charge in [-0.1, -0.05) is 22.9 Å². The third-order valence-corrected chi connectivity index (χ3v) is 7.15. The van der Waals surface area contributed by atoms with Gasteiger partial charge in [0.15, 0.2) is 5.13 Å². The molecule has 2 heterocycles. The van der Waals surface area contributed by atoms with E-state index in [2.05, 4.69) is 4.90 Å². The molecule has 194 valence electrons. The molecule has 3 aromatic rings. The van der Waals surface area contributed by atoms with Crippen molar-refractivity contribution in [2.24, 2.45) is 0 Å². The summed E-state index contributed by atoms with van der Waals surface area (Å²) >= 11 is 7.60. The van der Waals surface area contributed by atoms with E-state index in [1.807, 2.05) is 0 Å². The number of halogens is 2. The Morgan fingerprint density at radius 3 is 2.58 bits per heavy atom. The van der Waals surface area contributed by atoms with Crippen molar-refractivity contribution in [3.8, 4) is 11.5 Å². The van der Waals surface area contributed by atoms with Crippen molar-refractivity contribution >= 4 is 62.3 Å². The van der Waals surface area contributed by atoms with Crippen LogP contribution in [0.1, 0.15) is 16.8 Å². The molecule has 10 nitrogen and oxygen atoms in total. The normalized spacial score (nSPS) is 13.8. The first-order valence-electron chi connectivity index (χ1n) is 11.0. The standard InChI is InChI=1S/C23H25ClN4O6S.ClH/c1-32-18-6-7-19(33-2)21-20(18)25-23(35-21)27(9-3-8-26-10-12-34-13-11-26)22(29)16-14-15(28(30)31)4-5-17(16)24;/h4-7,14H,3,8-13H2,1-2H3;1H. The van der Waals surface area contributed by atoms with Crippen LogP contribution in [0.2, 0.25) is 5.02 Å². The van der Waals surface area contributed by atoms with Gasteiger partial charge in [0.05, 0.1) is 42.9 Å². The number of hydrogen-bond donors (Lipinski definition) is 0. The molecule has 1 aliphatic rings. The van der Waals surface area contributed by atoms with Crippen LogP contribution in [0.3, 0.4) is 0 Å². The second kappa shape index (κ2) is 12.5. The van der Waals surface area contributed by atoms with Crippen LogP contribution in [-0.2, 0) is 4.74 Å². The van der Waals surface area contributed by atoms with E-state index in [1.165, 1.54) is 34.4 Å². The number of nitro groups is 1. The second-order valence-electron chi connectivity index (χ2n) is 7.83. The van der Waals surface area contributed by atoms with Gasteiger partial charge in [-0.05, 0) is 24.6 Å². The Morgan fingerprint density at radius 1 is 1.22 bits per heavy atom. The SMILES string of the molecule is COc1ccc(OC)c2sc(N(CCCN3CCOCC3)C(=O)c3cc([N+](=O)[O-])ccc3Cl)nc12.Cl. The van der Waals surface area contributed by atoms with Crippen LogP contribution >= 0.6 is 35.3 Å². The van der Waals surface area contributed by atoms with Gasteiger partial charge in [0.25, 0.3) is 11.6 Å². The Labute approximate surface area is 223 Å². The highest BCUT2D eigenvalue weighted by Gasteiger charge is 2.27. The molecule has 36 heavy (non-hydrogen) atoms. The number of hydrogen-bond acceptors (Lipinski definition) is 9. The topological polar surface area (TPSA) is 107 Å². The molecular formula is C23H26Cl2N4O6S. The monoisotopic (exact) mass is 556 g/mol. The van der Waals surface area contributed by atoms with Crippen LogP contribution in [0.4, 0.5) is 10.8 Å². The number of nitrogens with zero attached hydrogens (tertiary/aromatic N) is 4. The summed E-state index contributed by atoms with van der Waals surface area (Å²) in [5.74, 6) is 0.703. The summed E-state index contributed by atoms with van der Waals surface area (Å²) in [4.78, 5) is 33.0. The molecule has 0 bridgehead atoms. The molecule has 13 heteroatoms. The van der Waals surface area contributed by atoms with Crippen LogP contribution in [0.25, 0.3) is 10.2 Å². The summed E-state index contributed by atoms with van der Waals surface area (Å²) in [7, 11) is 3.11. The number of non-ortho nitro benzene ring substituents is 1. The highest BCUT2D eigenvalue weighted by atomic mass is 35.5. The number of rotatable bonds is 9. The number of ether oxygens (including phenoxy) is 3. The zero-order chi connectivity index (χ0) is 24.9. The highest BCUT2D eigenvalue weighted by molar-refractivity contribution is 7.22. The molecule has 1 aliphatic heterocycles. The fraction of sp³-hybridized carbons (Fsp3) is 0.391. The molecule has 1 saturated heterocycles. The molecule has 4 rings (SSSR count). The number of nitro benzene ring substituents is 1. The Balaban J connectivity index is 0.00000361. The van der Waals surface area contributed by atoms with Crippen LogP contribution in [0, 0.1) is 10.1 Å².